The fraction of sp³-hybridized carbons (Fsp3) is 0.500. The second kappa shape index (κ2) is 6.10. The van der Waals surface area contributed by atoms with Gasteiger partial charge in [-0.3, -0.25) is 10.1 Å². The molecule has 1 aromatic rings. The van der Waals surface area contributed by atoms with Crippen LogP contribution in [0.25, 0.3) is 0 Å². The zero-order valence-corrected chi connectivity index (χ0v) is 10.9. The molecule has 0 aliphatic carbocycles. The van der Waals surface area contributed by atoms with Crippen LogP contribution in [0, 0.1) is 11.6 Å². The molecule has 1 heterocycles. The fourth-order valence-corrected chi connectivity index (χ4v) is 2.34. The summed E-state index contributed by atoms with van der Waals surface area (Å²) in [6.07, 6.45) is 2.61. The normalized spacial score (nSPS) is 21.6. The maximum absolute atomic E-state index is 13.7. The predicted octanol–water partition coefficient (Wildman–Crippen LogP) is 2.28. The molecule has 1 saturated heterocycles. The summed E-state index contributed by atoms with van der Waals surface area (Å²) >= 11 is 0. The van der Waals surface area contributed by atoms with Gasteiger partial charge in [-0.15, -0.1) is 0 Å². The highest BCUT2D eigenvalue weighted by molar-refractivity contribution is 5.81. The van der Waals surface area contributed by atoms with Gasteiger partial charge in [0.25, 0.3) is 0 Å². The highest BCUT2D eigenvalue weighted by Gasteiger charge is 2.24. The van der Waals surface area contributed by atoms with Gasteiger partial charge in [0.1, 0.15) is 0 Å². The van der Waals surface area contributed by atoms with Gasteiger partial charge in [0, 0.05) is 18.2 Å². The number of rotatable bonds is 3. The number of amides is 1. The average molecular weight is 268 g/mol. The Morgan fingerprint density at radius 3 is 2.95 bits per heavy atom. The number of halogens is 2. The summed E-state index contributed by atoms with van der Waals surface area (Å²) in [6.45, 7) is 2.41. The van der Waals surface area contributed by atoms with E-state index < -0.39 is 17.7 Å². The van der Waals surface area contributed by atoms with E-state index in [0.29, 0.717) is 13.0 Å². The van der Waals surface area contributed by atoms with E-state index in [9.17, 15) is 13.6 Å². The molecule has 1 fully saturated rings. The van der Waals surface area contributed by atoms with Gasteiger partial charge < -0.3 is 5.32 Å². The average Bonchev–Trinajstić information content (AvgIpc) is 2.58. The Balaban J connectivity index is 2.09. The molecule has 104 valence electrons. The van der Waals surface area contributed by atoms with Crippen molar-refractivity contribution in [3.8, 4) is 0 Å². The Morgan fingerprint density at radius 1 is 1.37 bits per heavy atom. The van der Waals surface area contributed by atoms with Crippen LogP contribution >= 0.6 is 0 Å². The van der Waals surface area contributed by atoms with Gasteiger partial charge in [0.05, 0.1) is 6.04 Å². The van der Waals surface area contributed by atoms with Crippen molar-refractivity contribution < 1.29 is 13.6 Å². The molecule has 0 bridgehead atoms. The highest BCUT2D eigenvalue weighted by atomic mass is 19.2. The van der Waals surface area contributed by atoms with Crippen LogP contribution in [0.2, 0.25) is 0 Å². The number of benzene rings is 1. The van der Waals surface area contributed by atoms with Crippen LogP contribution in [-0.2, 0) is 4.79 Å². The van der Waals surface area contributed by atoms with Gasteiger partial charge in [0.2, 0.25) is 5.91 Å². The molecule has 1 aromatic carbocycles. The fourth-order valence-electron chi connectivity index (χ4n) is 2.34. The van der Waals surface area contributed by atoms with Crippen molar-refractivity contribution in [3.63, 3.8) is 0 Å². The third-order valence-electron chi connectivity index (χ3n) is 3.43. The Hall–Kier alpha value is -1.49. The standard InChI is InChI=1S/C14H18F2N2O/c1-9(10-5-4-6-11(15)13(10)16)18-12-7-2-3-8-17-14(12)19/h4-6,9,12,18H,2-3,7-8H2,1H3,(H,17,19). The van der Waals surface area contributed by atoms with Crippen LogP contribution < -0.4 is 10.6 Å². The lowest BCUT2D eigenvalue weighted by molar-refractivity contribution is -0.123. The van der Waals surface area contributed by atoms with Crippen molar-refractivity contribution >= 4 is 5.91 Å². The zero-order valence-electron chi connectivity index (χ0n) is 10.9. The Morgan fingerprint density at radius 2 is 2.16 bits per heavy atom. The van der Waals surface area contributed by atoms with Crippen molar-refractivity contribution in [2.45, 2.75) is 38.3 Å². The SMILES string of the molecule is CC(NC1CCCCNC1=O)c1cccc(F)c1F. The molecule has 2 atom stereocenters. The van der Waals surface area contributed by atoms with E-state index in [2.05, 4.69) is 10.6 Å². The molecule has 1 aliphatic heterocycles. The Kier molecular flexibility index (Phi) is 4.47. The summed E-state index contributed by atoms with van der Waals surface area (Å²) in [5, 5.41) is 5.88. The van der Waals surface area contributed by atoms with Crippen molar-refractivity contribution in [3.05, 3.63) is 35.4 Å². The van der Waals surface area contributed by atoms with Gasteiger partial charge in [-0.05, 0) is 32.3 Å². The minimum atomic E-state index is -0.864. The minimum absolute atomic E-state index is 0.0684. The van der Waals surface area contributed by atoms with Crippen molar-refractivity contribution in [2.24, 2.45) is 0 Å². The van der Waals surface area contributed by atoms with Gasteiger partial charge in [-0.25, -0.2) is 8.78 Å². The molecule has 5 heteroatoms. The molecule has 1 aliphatic rings. The first kappa shape index (κ1) is 13.9. The first-order chi connectivity index (χ1) is 9.09. The van der Waals surface area contributed by atoms with Gasteiger partial charge in [-0.2, -0.15) is 0 Å². The lowest BCUT2D eigenvalue weighted by atomic mass is 10.0. The number of nitrogens with one attached hydrogen (secondary N) is 2. The molecule has 2 unspecified atom stereocenters. The van der Waals surface area contributed by atoms with E-state index in [1.165, 1.54) is 12.1 Å². The van der Waals surface area contributed by atoms with Crippen LogP contribution in [0.15, 0.2) is 18.2 Å². The molecular weight excluding hydrogens is 250 g/mol. The molecule has 0 spiro atoms. The monoisotopic (exact) mass is 268 g/mol. The molecular formula is C14H18F2N2O. The smallest absolute Gasteiger partial charge is 0.237 e. The van der Waals surface area contributed by atoms with E-state index in [-0.39, 0.29) is 17.5 Å². The van der Waals surface area contributed by atoms with Crippen molar-refractivity contribution in [2.75, 3.05) is 6.54 Å². The van der Waals surface area contributed by atoms with E-state index in [1.54, 1.807) is 6.92 Å². The minimum Gasteiger partial charge on any atom is -0.355 e. The summed E-state index contributed by atoms with van der Waals surface area (Å²) in [5.74, 6) is -1.78. The molecule has 1 amide bonds. The molecule has 2 rings (SSSR count). The van der Waals surface area contributed by atoms with Crippen LogP contribution in [0.5, 0.6) is 0 Å². The summed E-state index contributed by atoms with van der Waals surface area (Å²) < 4.78 is 26.8. The summed E-state index contributed by atoms with van der Waals surface area (Å²) in [6, 6.07) is 3.33. The van der Waals surface area contributed by atoms with E-state index in [4.69, 9.17) is 0 Å². The Labute approximate surface area is 111 Å². The van der Waals surface area contributed by atoms with E-state index in [0.717, 1.165) is 18.9 Å². The largest absolute Gasteiger partial charge is 0.355 e. The van der Waals surface area contributed by atoms with Gasteiger partial charge in [0.15, 0.2) is 11.6 Å². The van der Waals surface area contributed by atoms with Crippen LogP contribution in [-0.4, -0.2) is 18.5 Å². The molecule has 0 saturated carbocycles. The number of hydrogen-bond acceptors (Lipinski definition) is 2. The molecule has 3 nitrogen and oxygen atoms in total. The molecule has 0 aromatic heterocycles. The van der Waals surface area contributed by atoms with Gasteiger partial charge >= 0.3 is 0 Å². The molecule has 0 radical (unpaired) electrons. The first-order valence-electron chi connectivity index (χ1n) is 6.57. The second-order valence-electron chi connectivity index (χ2n) is 4.87. The van der Waals surface area contributed by atoms with Crippen LogP contribution in [0.4, 0.5) is 8.78 Å². The molecule has 19 heavy (non-hydrogen) atoms. The van der Waals surface area contributed by atoms with Crippen LogP contribution in [0.3, 0.4) is 0 Å². The first-order valence-corrected chi connectivity index (χ1v) is 6.57. The third-order valence-corrected chi connectivity index (χ3v) is 3.43. The van der Waals surface area contributed by atoms with E-state index in [1.807, 2.05) is 0 Å². The topological polar surface area (TPSA) is 41.1 Å². The zero-order chi connectivity index (χ0) is 13.8. The number of carbonyl (C=O) groups excluding carboxylic acids is 1. The third kappa shape index (κ3) is 3.29. The maximum Gasteiger partial charge on any atom is 0.237 e. The lowest BCUT2D eigenvalue weighted by Gasteiger charge is -2.21. The quantitative estimate of drug-likeness (QED) is 0.883. The summed E-state index contributed by atoms with van der Waals surface area (Å²) in [4.78, 5) is 11.8. The van der Waals surface area contributed by atoms with Gasteiger partial charge in [-0.1, -0.05) is 12.1 Å². The van der Waals surface area contributed by atoms with Crippen LogP contribution in [0.1, 0.15) is 37.8 Å². The highest BCUT2D eigenvalue weighted by Crippen LogP contribution is 2.20. The number of carbonyl (C=O) groups is 1. The summed E-state index contributed by atoms with van der Waals surface area (Å²) in [5.41, 5.74) is 0.247. The molecule has 2 N–H and O–H groups in total. The Bertz CT molecular complexity index is 465. The maximum atomic E-state index is 13.7. The van der Waals surface area contributed by atoms with E-state index >= 15 is 0 Å². The summed E-state index contributed by atoms with van der Waals surface area (Å²) in [7, 11) is 0. The van der Waals surface area contributed by atoms with Crippen molar-refractivity contribution in [1.82, 2.24) is 10.6 Å². The predicted molar refractivity (Wildman–Crippen MR) is 68.6 cm³/mol. The second-order valence-corrected chi connectivity index (χ2v) is 4.87. The van der Waals surface area contributed by atoms with Crippen molar-refractivity contribution in [1.29, 1.82) is 0 Å². The number of hydrogen-bond donors (Lipinski definition) is 2. The lowest BCUT2D eigenvalue weighted by Crippen LogP contribution is -2.43.